The Balaban J connectivity index is 2.19. The van der Waals surface area contributed by atoms with E-state index in [0.29, 0.717) is 11.1 Å². The smallest absolute Gasteiger partial charge is 0.255 e. The summed E-state index contributed by atoms with van der Waals surface area (Å²) in [6.07, 6.45) is 0. The number of phenolic OH excluding ortho intramolecular Hbond substituents is 1. The van der Waals surface area contributed by atoms with E-state index in [1.807, 2.05) is 43.3 Å². The predicted octanol–water partition coefficient (Wildman–Crippen LogP) is 3.02. The normalized spacial score (nSPS) is 10.2. The lowest BCUT2D eigenvalue weighted by Gasteiger charge is -2.14. The van der Waals surface area contributed by atoms with Gasteiger partial charge in [0, 0.05) is 31.0 Å². The van der Waals surface area contributed by atoms with Crippen molar-refractivity contribution in [2.24, 2.45) is 0 Å². The molecule has 4 heteroatoms. The Bertz CT molecular complexity index is 636. The zero-order chi connectivity index (χ0) is 14.7. The standard InChI is InChI=1S/C16H18N2O2/c1-11-9-12(7-8-15(11)19)16(20)17-13-5-4-6-14(10-13)18(2)3/h4-10,19H,1-3H3,(H,17,20). The number of benzene rings is 2. The van der Waals surface area contributed by atoms with Gasteiger partial charge in [0.1, 0.15) is 5.75 Å². The first-order valence-corrected chi connectivity index (χ1v) is 6.36. The molecular formula is C16H18N2O2. The molecule has 0 aliphatic heterocycles. The van der Waals surface area contributed by atoms with Crippen LogP contribution in [0.4, 0.5) is 11.4 Å². The van der Waals surface area contributed by atoms with Crippen LogP contribution in [0.15, 0.2) is 42.5 Å². The van der Waals surface area contributed by atoms with Crippen LogP contribution >= 0.6 is 0 Å². The quantitative estimate of drug-likeness (QED) is 0.901. The van der Waals surface area contributed by atoms with Crippen LogP contribution in [0.1, 0.15) is 15.9 Å². The summed E-state index contributed by atoms with van der Waals surface area (Å²) in [5, 5.41) is 12.3. The van der Waals surface area contributed by atoms with Crippen molar-refractivity contribution in [1.82, 2.24) is 0 Å². The summed E-state index contributed by atoms with van der Waals surface area (Å²) in [5.41, 5.74) is 2.96. The summed E-state index contributed by atoms with van der Waals surface area (Å²) in [7, 11) is 3.90. The Hall–Kier alpha value is -2.49. The van der Waals surface area contributed by atoms with Gasteiger partial charge in [-0.25, -0.2) is 0 Å². The molecule has 2 aromatic rings. The molecule has 0 radical (unpaired) electrons. The highest BCUT2D eigenvalue weighted by Crippen LogP contribution is 2.20. The third-order valence-electron chi connectivity index (χ3n) is 3.08. The maximum Gasteiger partial charge on any atom is 0.255 e. The van der Waals surface area contributed by atoms with Crippen molar-refractivity contribution in [2.45, 2.75) is 6.92 Å². The Morgan fingerprint density at radius 1 is 1.15 bits per heavy atom. The number of aryl methyl sites for hydroxylation is 1. The average molecular weight is 270 g/mol. The molecule has 0 aromatic heterocycles. The fraction of sp³-hybridized carbons (Fsp3) is 0.188. The number of aromatic hydroxyl groups is 1. The van der Waals surface area contributed by atoms with Crippen molar-refractivity contribution >= 4 is 17.3 Å². The Morgan fingerprint density at radius 3 is 2.55 bits per heavy atom. The molecule has 2 aromatic carbocycles. The molecule has 0 atom stereocenters. The summed E-state index contributed by atoms with van der Waals surface area (Å²) >= 11 is 0. The predicted molar refractivity (Wildman–Crippen MR) is 81.6 cm³/mol. The van der Waals surface area contributed by atoms with Crippen LogP contribution in [0.25, 0.3) is 0 Å². The van der Waals surface area contributed by atoms with Crippen molar-refractivity contribution in [1.29, 1.82) is 0 Å². The molecule has 0 bridgehead atoms. The maximum absolute atomic E-state index is 12.2. The van der Waals surface area contributed by atoms with Gasteiger partial charge in [-0.3, -0.25) is 4.79 Å². The molecule has 2 rings (SSSR count). The van der Waals surface area contributed by atoms with Crippen molar-refractivity contribution in [3.8, 4) is 5.75 Å². The molecule has 0 unspecified atom stereocenters. The van der Waals surface area contributed by atoms with Crippen molar-refractivity contribution < 1.29 is 9.90 Å². The lowest BCUT2D eigenvalue weighted by atomic mass is 10.1. The molecule has 4 nitrogen and oxygen atoms in total. The summed E-state index contributed by atoms with van der Waals surface area (Å²) < 4.78 is 0. The molecule has 0 saturated carbocycles. The van der Waals surface area contributed by atoms with Gasteiger partial charge in [-0.1, -0.05) is 6.07 Å². The van der Waals surface area contributed by atoms with E-state index < -0.39 is 0 Å². The Morgan fingerprint density at radius 2 is 1.90 bits per heavy atom. The van der Waals surface area contributed by atoms with E-state index in [4.69, 9.17) is 0 Å². The molecular weight excluding hydrogens is 252 g/mol. The molecule has 0 spiro atoms. The van der Waals surface area contributed by atoms with Crippen LogP contribution in [0.3, 0.4) is 0 Å². The third kappa shape index (κ3) is 3.09. The van der Waals surface area contributed by atoms with Gasteiger partial charge in [-0.15, -0.1) is 0 Å². The van der Waals surface area contributed by atoms with Gasteiger partial charge in [0.25, 0.3) is 5.91 Å². The van der Waals surface area contributed by atoms with Crippen LogP contribution in [0.2, 0.25) is 0 Å². The number of hydrogen-bond acceptors (Lipinski definition) is 3. The van der Waals surface area contributed by atoms with Crippen molar-refractivity contribution in [3.63, 3.8) is 0 Å². The average Bonchev–Trinajstić information content (AvgIpc) is 2.42. The molecule has 0 fully saturated rings. The summed E-state index contributed by atoms with van der Waals surface area (Å²) in [5.74, 6) is 0.000149. The highest BCUT2D eigenvalue weighted by Gasteiger charge is 2.08. The number of carbonyl (C=O) groups excluding carboxylic acids is 1. The SMILES string of the molecule is Cc1cc(C(=O)Nc2cccc(N(C)C)c2)ccc1O. The first-order chi connectivity index (χ1) is 9.47. The monoisotopic (exact) mass is 270 g/mol. The number of nitrogens with one attached hydrogen (secondary N) is 1. The van der Waals surface area contributed by atoms with E-state index in [2.05, 4.69) is 5.32 Å². The van der Waals surface area contributed by atoms with Gasteiger partial charge >= 0.3 is 0 Å². The van der Waals surface area contributed by atoms with Gasteiger partial charge in [0.2, 0.25) is 0 Å². The number of hydrogen-bond donors (Lipinski definition) is 2. The van der Waals surface area contributed by atoms with Crippen LogP contribution < -0.4 is 10.2 Å². The third-order valence-corrected chi connectivity index (χ3v) is 3.08. The molecule has 1 amide bonds. The minimum absolute atomic E-state index is 0.191. The molecule has 0 aliphatic rings. The summed E-state index contributed by atoms with van der Waals surface area (Å²) in [6.45, 7) is 1.76. The van der Waals surface area contributed by atoms with E-state index in [0.717, 1.165) is 11.4 Å². The van der Waals surface area contributed by atoms with Crippen LogP contribution in [-0.4, -0.2) is 25.1 Å². The lowest BCUT2D eigenvalue weighted by molar-refractivity contribution is 0.102. The van der Waals surface area contributed by atoms with E-state index in [1.54, 1.807) is 19.1 Å². The van der Waals surface area contributed by atoms with Crippen LogP contribution in [0.5, 0.6) is 5.75 Å². The maximum atomic E-state index is 12.2. The second kappa shape index (κ2) is 5.65. The molecule has 2 N–H and O–H groups in total. The van der Waals surface area contributed by atoms with Crippen molar-refractivity contribution in [3.05, 3.63) is 53.6 Å². The van der Waals surface area contributed by atoms with Gasteiger partial charge in [-0.2, -0.15) is 0 Å². The number of nitrogens with zero attached hydrogens (tertiary/aromatic N) is 1. The van der Waals surface area contributed by atoms with Gasteiger partial charge in [0.15, 0.2) is 0 Å². The van der Waals surface area contributed by atoms with Gasteiger partial charge in [0.05, 0.1) is 0 Å². The zero-order valence-corrected chi connectivity index (χ0v) is 11.8. The lowest BCUT2D eigenvalue weighted by Crippen LogP contribution is -2.13. The first kappa shape index (κ1) is 13.9. The summed E-state index contributed by atoms with van der Waals surface area (Å²) in [4.78, 5) is 14.1. The van der Waals surface area contributed by atoms with Crippen LogP contribution in [-0.2, 0) is 0 Å². The molecule has 0 aliphatic carbocycles. The van der Waals surface area contributed by atoms with E-state index >= 15 is 0 Å². The van der Waals surface area contributed by atoms with E-state index in [1.165, 1.54) is 6.07 Å². The number of phenols is 1. The fourth-order valence-corrected chi connectivity index (χ4v) is 1.86. The minimum atomic E-state index is -0.191. The minimum Gasteiger partial charge on any atom is -0.508 e. The van der Waals surface area contributed by atoms with Gasteiger partial charge < -0.3 is 15.3 Å². The number of rotatable bonds is 3. The Kier molecular flexibility index (Phi) is 3.94. The largest absolute Gasteiger partial charge is 0.508 e. The molecule has 0 heterocycles. The second-order valence-corrected chi connectivity index (χ2v) is 4.90. The zero-order valence-electron chi connectivity index (χ0n) is 11.8. The van der Waals surface area contributed by atoms with Gasteiger partial charge in [-0.05, 0) is 48.9 Å². The van der Waals surface area contributed by atoms with E-state index in [9.17, 15) is 9.90 Å². The Labute approximate surface area is 118 Å². The molecule has 20 heavy (non-hydrogen) atoms. The second-order valence-electron chi connectivity index (χ2n) is 4.90. The van der Waals surface area contributed by atoms with Crippen molar-refractivity contribution in [2.75, 3.05) is 24.3 Å². The number of carbonyl (C=O) groups is 1. The highest BCUT2D eigenvalue weighted by atomic mass is 16.3. The van der Waals surface area contributed by atoms with E-state index in [-0.39, 0.29) is 11.7 Å². The number of anilines is 2. The molecule has 104 valence electrons. The molecule has 0 saturated heterocycles. The fourth-order valence-electron chi connectivity index (χ4n) is 1.86. The first-order valence-electron chi connectivity index (χ1n) is 6.36. The summed E-state index contributed by atoms with van der Waals surface area (Å²) in [6, 6.07) is 12.4. The topological polar surface area (TPSA) is 52.6 Å². The number of amides is 1. The van der Waals surface area contributed by atoms with Crippen LogP contribution in [0, 0.1) is 6.92 Å². The highest BCUT2D eigenvalue weighted by molar-refractivity contribution is 6.04.